The molecule has 0 heterocycles. The summed E-state index contributed by atoms with van der Waals surface area (Å²) in [5, 5.41) is 9.99. The number of hydrogen-bond acceptors (Lipinski definition) is 5. The molecule has 1 fully saturated rings. The molecule has 1 saturated carbocycles. The van der Waals surface area contributed by atoms with Crippen LogP contribution in [0.1, 0.15) is 87.5 Å². The topological polar surface area (TPSA) is 65.0 Å². The van der Waals surface area contributed by atoms with Crippen LogP contribution in [0.3, 0.4) is 0 Å². The summed E-state index contributed by atoms with van der Waals surface area (Å²) in [6.45, 7) is 5.29. The van der Waals surface area contributed by atoms with Crippen molar-refractivity contribution in [2.45, 2.75) is 77.2 Å². The van der Waals surface area contributed by atoms with E-state index in [0.29, 0.717) is 30.4 Å². The Hall–Kier alpha value is -2.53. The van der Waals surface area contributed by atoms with E-state index in [0.717, 1.165) is 25.0 Å². The highest BCUT2D eigenvalue weighted by Gasteiger charge is 2.19. The molecule has 180 valence electrons. The minimum absolute atomic E-state index is 0.240. The second kappa shape index (κ2) is 13.2. The second-order valence-electron chi connectivity index (χ2n) is 8.73. The molecule has 3 rings (SSSR count). The molecular formula is C28H38O5. The van der Waals surface area contributed by atoms with Gasteiger partial charge in [0.15, 0.2) is 6.10 Å². The molecule has 0 bridgehead atoms. The van der Waals surface area contributed by atoms with Crippen molar-refractivity contribution in [2.24, 2.45) is 0 Å². The van der Waals surface area contributed by atoms with Gasteiger partial charge in [-0.05, 0) is 67.0 Å². The Balaban J connectivity index is 1.45. The Bertz CT molecular complexity index is 855. The van der Waals surface area contributed by atoms with Crippen molar-refractivity contribution in [2.75, 3.05) is 19.8 Å². The standard InChI is InChI=1S/C28H38O5/c1-3-9-24-20-23(21-10-6-5-7-11-21)14-17-26(24)33-19-8-18-32-25-15-12-22(13-16-25)27(29)28(30)31-4-2/h12-17,20-21,27,29H,3-11,18-19H2,1-2H3. The van der Waals surface area contributed by atoms with E-state index in [1.165, 1.54) is 43.2 Å². The van der Waals surface area contributed by atoms with E-state index in [4.69, 9.17) is 14.2 Å². The molecule has 5 nitrogen and oxygen atoms in total. The first kappa shape index (κ1) is 25.1. The molecule has 0 aliphatic heterocycles. The maximum absolute atomic E-state index is 11.6. The largest absolute Gasteiger partial charge is 0.493 e. The predicted molar refractivity (Wildman–Crippen MR) is 130 cm³/mol. The van der Waals surface area contributed by atoms with E-state index in [1.54, 1.807) is 31.2 Å². The van der Waals surface area contributed by atoms with Crippen LogP contribution in [-0.2, 0) is 16.0 Å². The molecule has 1 aliphatic rings. The monoisotopic (exact) mass is 454 g/mol. The first-order valence-electron chi connectivity index (χ1n) is 12.5. The van der Waals surface area contributed by atoms with Crippen LogP contribution in [0, 0.1) is 0 Å². The number of ether oxygens (including phenoxy) is 3. The highest BCUT2D eigenvalue weighted by Crippen LogP contribution is 2.35. The van der Waals surface area contributed by atoms with Gasteiger partial charge in [0.2, 0.25) is 0 Å². The van der Waals surface area contributed by atoms with Crippen molar-refractivity contribution >= 4 is 5.97 Å². The van der Waals surface area contributed by atoms with Crippen molar-refractivity contribution in [1.29, 1.82) is 0 Å². The molecule has 0 radical (unpaired) electrons. The minimum Gasteiger partial charge on any atom is -0.493 e. The lowest BCUT2D eigenvalue weighted by molar-refractivity contribution is -0.153. The molecule has 0 amide bonds. The Morgan fingerprint density at radius 1 is 1.00 bits per heavy atom. The molecule has 1 atom stereocenters. The number of aryl methyl sites for hydroxylation is 1. The summed E-state index contributed by atoms with van der Waals surface area (Å²) in [6, 6.07) is 13.6. The summed E-state index contributed by atoms with van der Waals surface area (Å²) in [6.07, 6.45) is 8.34. The van der Waals surface area contributed by atoms with E-state index in [2.05, 4.69) is 25.1 Å². The Kier molecular flexibility index (Phi) is 10.1. The maximum Gasteiger partial charge on any atom is 0.339 e. The summed E-state index contributed by atoms with van der Waals surface area (Å²) in [5.41, 5.74) is 3.28. The number of hydrogen-bond donors (Lipinski definition) is 1. The van der Waals surface area contributed by atoms with Gasteiger partial charge in [-0.3, -0.25) is 0 Å². The van der Waals surface area contributed by atoms with Gasteiger partial charge < -0.3 is 19.3 Å². The van der Waals surface area contributed by atoms with Gasteiger partial charge in [0, 0.05) is 6.42 Å². The average Bonchev–Trinajstić information content (AvgIpc) is 2.85. The van der Waals surface area contributed by atoms with Crippen LogP contribution in [0.2, 0.25) is 0 Å². The number of carbonyl (C=O) groups excluding carboxylic acids is 1. The van der Waals surface area contributed by atoms with Gasteiger partial charge in [-0.1, -0.05) is 56.9 Å². The Morgan fingerprint density at radius 2 is 1.73 bits per heavy atom. The van der Waals surface area contributed by atoms with Crippen molar-refractivity contribution < 1.29 is 24.1 Å². The molecule has 2 aromatic rings. The molecular weight excluding hydrogens is 416 g/mol. The fraction of sp³-hybridized carbons (Fsp3) is 0.536. The third-order valence-electron chi connectivity index (χ3n) is 6.20. The van der Waals surface area contributed by atoms with Crippen molar-refractivity contribution in [3.8, 4) is 11.5 Å². The Labute approximate surface area is 198 Å². The van der Waals surface area contributed by atoms with Crippen molar-refractivity contribution in [1.82, 2.24) is 0 Å². The summed E-state index contributed by atoms with van der Waals surface area (Å²) >= 11 is 0. The quantitative estimate of drug-likeness (QED) is 0.309. The summed E-state index contributed by atoms with van der Waals surface area (Å²) < 4.78 is 16.7. The van der Waals surface area contributed by atoms with E-state index in [9.17, 15) is 9.90 Å². The molecule has 1 aliphatic carbocycles. The number of esters is 1. The van der Waals surface area contributed by atoms with Crippen LogP contribution in [0.25, 0.3) is 0 Å². The van der Waals surface area contributed by atoms with Crippen LogP contribution in [0.15, 0.2) is 42.5 Å². The summed E-state index contributed by atoms with van der Waals surface area (Å²) in [4.78, 5) is 11.6. The zero-order valence-corrected chi connectivity index (χ0v) is 20.1. The van der Waals surface area contributed by atoms with Gasteiger partial charge in [-0.15, -0.1) is 0 Å². The number of aliphatic hydroxyl groups is 1. The van der Waals surface area contributed by atoms with Gasteiger partial charge >= 0.3 is 5.97 Å². The molecule has 2 aromatic carbocycles. The van der Waals surface area contributed by atoms with Crippen LogP contribution in [-0.4, -0.2) is 30.9 Å². The van der Waals surface area contributed by atoms with Gasteiger partial charge in [-0.25, -0.2) is 4.79 Å². The number of rotatable bonds is 12. The zero-order valence-electron chi connectivity index (χ0n) is 20.1. The van der Waals surface area contributed by atoms with Crippen molar-refractivity contribution in [3.63, 3.8) is 0 Å². The summed E-state index contributed by atoms with van der Waals surface area (Å²) in [7, 11) is 0. The normalized spacial score (nSPS) is 15.1. The van der Waals surface area contributed by atoms with Crippen LogP contribution in [0.4, 0.5) is 0 Å². The van der Waals surface area contributed by atoms with Gasteiger partial charge in [0.05, 0.1) is 19.8 Å². The van der Waals surface area contributed by atoms with Crippen LogP contribution in [0.5, 0.6) is 11.5 Å². The highest BCUT2D eigenvalue weighted by atomic mass is 16.5. The summed E-state index contributed by atoms with van der Waals surface area (Å²) in [5.74, 6) is 1.76. The predicted octanol–water partition coefficient (Wildman–Crippen LogP) is 6.13. The maximum atomic E-state index is 11.6. The van der Waals surface area contributed by atoms with Crippen molar-refractivity contribution in [3.05, 3.63) is 59.2 Å². The van der Waals surface area contributed by atoms with Gasteiger partial charge in [0.25, 0.3) is 0 Å². The lowest BCUT2D eigenvalue weighted by Gasteiger charge is -2.23. The second-order valence-corrected chi connectivity index (χ2v) is 8.73. The lowest BCUT2D eigenvalue weighted by atomic mass is 9.83. The molecule has 1 unspecified atom stereocenters. The van der Waals surface area contributed by atoms with Crippen LogP contribution < -0.4 is 9.47 Å². The van der Waals surface area contributed by atoms with E-state index in [1.807, 2.05) is 0 Å². The molecule has 33 heavy (non-hydrogen) atoms. The number of benzene rings is 2. The fourth-order valence-electron chi connectivity index (χ4n) is 4.43. The zero-order chi connectivity index (χ0) is 23.5. The van der Waals surface area contributed by atoms with Gasteiger partial charge in [-0.2, -0.15) is 0 Å². The van der Waals surface area contributed by atoms with E-state index >= 15 is 0 Å². The minimum atomic E-state index is -1.27. The number of carbonyl (C=O) groups is 1. The first-order chi connectivity index (χ1) is 16.1. The number of aliphatic hydroxyl groups excluding tert-OH is 1. The first-order valence-corrected chi connectivity index (χ1v) is 12.5. The highest BCUT2D eigenvalue weighted by molar-refractivity contribution is 5.76. The average molecular weight is 455 g/mol. The molecule has 5 heteroatoms. The Morgan fingerprint density at radius 3 is 2.42 bits per heavy atom. The third-order valence-corrected chi connectivity index (χ3v) is 6.20. The molecule has 0 spiro atoms. The fourth-order valence-corrected chi connectivity index (χ4v) is 4.43. The molecule has 0 saturated heterocycles. The third kappa shape index (κ3) is 7.50. The lowest BCUT2D eigenvalue weighted by Crippen LogP contribution is -2.15. The van der Waals surface area contributed by atoms with Gasteiger partial charge in [0.1, 0.15) is 11.5 Å². The van der Waals surface area contributed by atoms with E-state index < -0.39 is 12.1 Å². The molecule has 0 aromatic heterocycles. The smallest absolute Gasteiger partial charge is 0.339 e. The van der Waals surface area contributed by atoms with Crippen LogP contribution >= 0.6 is 0 Å². The van der Waals surface area contributed by atoms with E-state index in [-0.39, 0.29) is 6.61 Å². The molecule has 1 N–H and O–H groups in total. The SMILES string of the molecule is CCCc1cc(C2CCCCC2)ccc1OCCCOc1ccc(C(O)C(=O)OCC)cc1.